The van der Waals surface area contributed by atoms with Gasteiger partial charge in [0.25, 0.3) is 0 Å². The standard InChI is InChI=1S/C11H22N4O2/c1-9(2)7-15(8-10(12)16)11(17)14-5-3-13-4-6-14/h9,13H,3-8H2,1-2H3,(H2,12,16). The van der Waals surface area contributed by atoms with Crippen LogP contribution in [0.4, 0.5) is 4.79 Å². The summed E-state index contributed by atoms with van der Waals surface area (Å²) in [6.45, 7) is 7.57. The minimum Gasteiger partial charge on any atom is -0.368 e. The van der Waals surface area contributed by atoms with Gasteiger partial charge in [0.1, 0.15) is 6.54 Å². The Morgan fingerprint density at radius 1 is 1.35 bits per heavy atom. The topological polar surface area (TPSA) is 78.7 Å². The highest BCUT2D eigenvalue weighted by Gasteiger charge is 2.23. The molecule has 3 amide bonds. The van der Waals surface area contributed by atoms with Gasteiger partial charge in [0.2, 0.25) is 5.91 Å². The van der Waals surface area contributed by atoms with Gasteiger partial charge >= 0.3 is 6.03 Å². The molecule has 1 rings (SSSR count). The van der Waals surface area contributed by atoms with Gasteiger partial charge in [-0.25, -0.2) is 4.79 Å². The summed E-state index contributed by atoms with van der Waals surface area (Å²) in [4.78, 5) is 26.5. The molecule has 6 nitrogen and oxygen atoms in total. The maximum Gasteiger partial charge on any atom is 0.320 e. The van der Waals surface area contributed by atoms with E-state index < -0.39 is 5.91 Å². The number of rotatable bonds is 4. The highest BCUT2D eigenvalue weighted by molar-refractivity contribution is 5.83. The normalized spacial score (nSPS) is 16.1. The van der Waals surface area contributed by atoms with E-state index >= 15 is 0 Å². The monoisotopic (exact) mass is 242 g/mol. The molecule has 0 unspecified atom stereocenters. The molecule has 1 saturated heterocycles. The summed E-state index contributed by atoms with van der Waals surface area (Å²) in [6.07, 6.45) is 0. The lowest BCUT2D eigenvalue weighted by Gasteiger charge is -2.33. The van der Waals surface area contributed by atoms with Crippen molar-refractivity contribution in [1.82, 2.24) is 15.1 Å². The molecule has 0 aromatic carbocycles. The van der Waals surface area contributed by atoms with Gasteiger partial charge in [-0.2, -0.15) is 0 Å². The number of primary amides is 1. The summed E-state index contributed by atoms with van der Waals surface area (Å²) < 4.78 is 0. The molecule has 0 aliphatic carbocycles. The Balaban J connectivity index is 2.60. The second-order valence-electron chi connectivity index (χ2n) is 4.76. The van der Waals surface area contributed by atoms with E-state index in [-0.39, 0.29) is 12.6 Å². The zero-order chi connectivity index (χ0) is 12.8. The minimum absolute atomic E-state index is 0.000934. The zero-order valence-electron chi connectivity index (χ0n) is 10.6. The Bertz CT molecular complexity index is 275. The second-order valence-corrected chi connectivity index (χ2v) is 4.76. The summed E-state index contributed by atoms with van der Waals surface area (Å²) in [6, 6.07) is -0.0843. The molecule has 1 aliphatic heterocycles. The fourth-order valence-electron chi connectivity index (χ4n) is 1.90. The first-order valence-electron chi connectivity index (χ1n) is 6.03. The smallest absolute Gasteiger partial charge is 0.320 e. The molecule has 0 spiro atoms. The van der Waals surface area contributed by atoms with Gasteiger partial charge < -0.3 is 20.9 Å². The van der Waals surface area contributed by atoms with Gasteiger partial charge in [0.05, 0.1) is 0 Å². The fraction of sp³-hybridized carbons (Fsp3) is 0.818. The third-order valence-electron chi connectivity index (χ3n) is 2.59. The largest absolute Gasteiger partial charge is 0.368 e. The highest BCUT2D eigenvalue weighted by Crippen LogP contribution is 2.05. The van der Waals surface area contributed by atoms with Crippen LogP contribution in [0.2, 0.25) is 0 Å². The lowest BCUT2D eigenvalue weighted by molar-refractivity contribution is -0.118. The van der Waals surface area contributed by atoms with Crippen LogP contribution in [0.3, 0.4) is 0 Å². The molecule has 0 aromatic rings. The third-order valence-corrected chi connectivity index (χ3v) is 2.59. The van der Waals surface area contributed by atoms with Crippen molar-refractivity contribution in [3.8, 4) is 0 Å². The van der Waals surface area contributed by atoms with Crippen LogP contribution in [0, 0.1) is 5.92 Å². The van der Waals surface area contributed by atoms with Crippen molar-refractivity contribution >= 4 is 11.9 Å². The minimum atomic E-state index is -0.464. The lowest BCUT2D eigenvalue weighted by atomic mass is 10.2. The molecule has 98 valence electrons. The van der Waals surface area contributed by atoms with E-state index in [4.69, 9.17) is 5.73 Å². The average Bonchev–Trinajstić information content (AvgIpc) is 2.27. The SMILES string of the molecule is CC(C)CN(CC(N)=O)C(=O)N1CCNCC1. The van der Waals surface area contributed by atoms with Gasteiger partial charge in [-0.1, -0.05) is 13.8 Å². The van der Waals surface area contributed by atoms with Crippen LogP contribution in [0.25, 0.3) is 0 Å². The maximum absolute atomic E-state index is 12.2. The molecule has 0 saturated carbocycles. The van der Waals surface area contributed by atoms with Crippen molar-refractivity contribution in [2.24, 2.45) is 11.7 Å². The first-order valence-corrected chi connectivity index (χ1v) is 6.03. The number of nitrogens with two attached hydrogens (primary N) is 1. The van der Waals surface area contributed by atoms with E-state index in [0.29, 0.717) is 25.6 Å². The van der Waals surface area contributed by atoms with Gasteiger partial charge in [0, 0.05) is 32.7 Å². The van der Waals surface area contributed by atoms with Crippen LogP contribution in [-0.2, 0) is 4.79 Å². The number of hydrogen-bond donors (Lipinski definition) is 2. The van der Waals surface area contributed by atoms with Gasteiger partial charge in [-0.3, -0.25) is 4.79 Å². The molecule has 17 heavy (non-hydrogen) atoms. The number of amides is 3. The molecule has 0 aromatic heterocycles. The molecule has 0 atom stereocenters. The van der Waals surface area contributed by atoms with Crippen molar-refractivity contribution in [3.05, 3.63) is 0 Å². The van der Waals surface area contributed by atoms with Crippen LogP contribution in [-0.4, -0.2) is 61.0 Å². The highest BCUT2D eigenvalue weighted by atomic mass is 16.2. The summed E-state index contributed by atoms with van der Waals surface area (Å²) in [5, 5.41) is 3.19. The Kier molecular flexibility index (Phi) is 5.21. The van der Waals surface area contributed by atoms with Crippen molar-refractivity contribution in [1.29, 1.82) is 0 Å². The van der Waals surface area contributed by atoms with Gasteiger partial charge in [0.15, 0.2) is 0 Å². The number of carbonyl (C=O) groups is 2. The Hall–Kier alpha value is -1.30. The number of piperazine rings is 1. The molecule has 3 N–H and O–H groups in total. The number of nitrogens with zero attached hydrogens (tertiary/aromatic N) is 2. The molecule has 6 heteroatoms. The van der Waals surface area contributed by atoms with Crippen LogP contribution in [0.1, 0.15) is 13.8 Å². The Morgan fingerprint density at radius 2 is 1.94 bits per heavy atom. The molecule has 1 heterocycles. The van der Waals surface area contributed by atoms with E-state index in [1.54, 1.807) is 9.80 Å². The first kappa shape index (κ1) is 13.8. The van der Waals surface area contributed by atoms with Crippen molar-refractivity contribution in [2.45, 2.75) is 13.8 Å². The Morgan fingerprint density at radius 3 is 2.41 bits per heavy atom. The van der Waals surface area contributed by atoms with Gasteiger partial charge in [-0.15, -0.1) is 0 Å². The molecule has 1 fully saturated rings. The molecule has 1 aliphatic rings. The lowest BCUT2D eigenvalue weighted by Crippen LogP contribution is -2.53. The second kappa shape index (κ2) is 6.44. The molecular formula is C11H22N4O2. The van der Waals surface area contributed by atoms with Crippen LogP contribution >= 0.6 is 0 Å². The third kappa shape index (κ3) is 4.60. The fourth-order valence-corrected chi connectivity index (χ4v) is 1.90. The van der Waals surface area contributed by atoms with Crippen LogP contribution in [0.15, 0.2) is 0 Å². The number of urea groups is 1. The van der Waals surface area contributed by atoms with E-state index in [9.17, 15) is 9.59 Å². The molecular weight excluding hydrogens is 220 g/mol. The first-order chi connectivity index (χ1) is 8.00. The van der Waals surface area contributed by atoms with Crippen molar-refractivity contribution in [2.75, 3.05) is 39.3 Å². The van der Waals surface area contributed by atoms with E-state index in [0.717, 1.165) is 13.1 Å². The number of hydrogen-bond acceptors (Lipinski definition) is 3. The molecule has 0 bridgehead atoms. The summed E-state index contributed by atoms with van der Waals surface area (Å²) in [5.41, 5.74) is 5.17. The zero-order valence-corrected chi connectivity index (χ0v) is 10.6. The van der Waals surface area contributed by atoms with Crippen molar-refractivity contribution < 1.29 is 9.59 Å². The quantitative estimate of drug-likeness (QED) is 0.694. The maximum atomic E-state index is 12.2. The average molecular weight is 242 g/mol. The summed E-state index contributed by atoms with van der Waals surface area (Å²) in [5.74, 6) is -0.143. The van der Waals surface area contributed by atoms with Crippen LogP contribution in [0.5, 0.6) is 0 Å². The van der Waals surface area contributed by atoms with Crippen LogP contribution < -0.4 is 11.1 Å². The summed E-state index contributed by atoms with van der Waals surface area (Å²) in [7, 11) is 0. The van der Waals surface area contributed by atoms with Gasteiger partial charge in [-0.05, 0) is 5.92 Å². The van der Waals surface area contributed by atoms with Crippen molar-refractivity contribution in [3.63, 3.8) is 0 Å². The Labute approximate surface area is 102 Å². The number of carbonyl (C=O) groups excluding carboxylic acids is 2. The predicted octanol–water partition coefficient (Wildman–Crippen LogP) is -0.545. The van der Waals surface area contributed by atoms with E-state index in [1.165, 1.54) is 0 Å². The summed E-state index contributed by atoms with van der Waals surface area (Å²) >= 11 is 0. The van der Waals surface area contributed by atoms with E-state index in [2.05, 4.69) is 5.32 Å². The molecule has 0 radical (unpaired) electrons. The van der Waals surface area contributed by atoms with E-state index in [1.807, 2.05) is 13.8 Å². The number of nitrogens with one attached hydrogen (secondary N) is 1. The predicted molar refractivity (Wildman–Crippen MR) is 65.4 cm³/mol.